The third kappa shape index (κ3) is 4.19. The van der Waals surface area contributed by atoms with E-state index in [2.05, 4.69) is 59.6 Å². The molecule has 5 heteroatoms. The fourth-order valence-electron chi connectivity index (χ4n) is 5.70. The number of fused-ring (bicyclic) bond motifs is 2. The zero-order valence-corrected chi connectivity index (χ0v) is 18.7. The first-order chi connectivity index (χ1) is 14.7. The average molecular weight is 424 g/mol. The summed E-state index contributed by atoms with van der Waals surface area (Å²) < 4.78 is 0. The van der Waals surface area contributed by atoms with E-state index in [-0.39, 0.29) is 6.04 Å². The minimum atomic E-state index is 0.225. The first kappa shape index (κ1) is 20.5. The molecule has 0 amide bonds. The molecule has 0 radical (unpaired) electrons. The van der Waals surface area contributed by atoms with Crippen LogP contribution < -0.4 is 10.4 Å². The Morgan fingerprint density at radius 1 is 1.17 bits per heavy atom. The summed E-state index contributed by atoms with van der Waals surface area (Å²) in [6.45, 7) is 7.18. The summed E-state index contributed by atoms with van der Waals surface area (Å²) in [5, 5.41) is 16.8. The van der Waals surface area contributed by atoms with Crippen LogP contribution in [0.25, 0.3) is 0 Å². The number of quaternary nitrogens is 1. The summed E-state index contributed by atoms with van der Waals surface area (Å²) in [7, 11) is 0. The summed E-state index contributed by atoms with van der Waals surface area (Å²) in [5.41, 5.74) is 4.28. The quantitative estimate of drug-likeness (QED) is 0.742. The molecule has 2 aromatic carbocycles. The molecule has 5 rings (SSSR count). The highest BCUT2D eigenvalue weighted by Gasteiger charge is 2.38. The van der Waals surface area contributed by atoms with Crippen molar-refractivity contribution in [1.82, 2.24) is 10.2 Å². The number of rotatable bonds is 4. The average Bonchev–Trinajstić information content (AvgIpc) is 3.12. The van der Waals surface area contributed by atoms with Crippen LogP contribution >= 0.6 is 11.8 Å². The van der Waals surface area contributed by atoms with Gasteiger partial charge in [-0.25, -0.2) is 0 Å². The number of piperazine rings is 1. The molecule has 4 atom stereocenters. The molecule has 160 valence electrons. The zero-order valence-electron chi connectivity index (χ0n) is 17.9. The highest BCUT2D eigenvalue weighted by Crippen LogP contribution is 2.44. The van der Waals surface area contributed by atoms with Crippen molar-refractivity contribution in [2.24, 2.45) is 0 Å². The highest BCUT2D eigenvalue weighted by atomic mass is 32.2. The maximum Gasteiger partial charge on any atom is 0.103 e. The number of aryl methyl sites for hydroxylation is 1. The number of hydrogen-bond donors (Lipinski definition) is 2. The summed E-state index contributed by atoms with van der Waals surface area (Å²) >= 11 is 1.92. The van der Waals surface area contributed by atoms with Crippen LogP contribution in [0.4, 0.5) is 0 Å². The van der Waals surface area contributed by atoms with Crippen molar-refractivity contribution in [2.45, 2.75) is 60.4 Å². The summed E-state index contributed by atoms with van der Waals surface area (Å²) in [6.07, 6.45) is 4.31. The van der Waals surface area contributed by atoms with E-state index >= 15 is 0 Å². The molecule has 3 aliphatic heterocycles. The molecule has 30 heavy (non-hydrogen) atoms. The SMILES string of the molecule is Cc1ccc2c(c1)CC(CC(C1CCC[NH+]1[O-])N1CCNCC1)c1ccccc1S2. The summed E-state index contributed by atoms with van der Waals surface area (Å²) in [4.78, 5) is 5.41. The molecule has 4 unspecified atom stereocenters. The molecule has 0 aromatic heterocycles. The van der Waals surface area contributed by atoms with Gasteiger partial charge >= 0.3 is 0 Å². The van der Waals surface area contributed by atoms with E-state index in [0.717, 1.165) is 58.4 Å². The van der Waals surface area contributed by atoms with Crippen molar-refractivity contribution >= 4 is 11.8 Å². The van der Waals surface area contributed by atoms with Gasteiger partial charge < -0.3 is 15.6 Å². The third-order valence-electron chi connectivity index (χ3n) is 7.22. The Morgan fingerprint density at radius 2 is 2.00 bits per heavy atom. The summed E-state index contributed by atoms with van der Waals surface area (Å²) in [6, 6.07) is 16.5. The third-order valence-corrected chi connectivity index (χ3v) is 8.43. The van der Waals surface area contributed by atoms with E-state index in [1.807, 2.05) is 11.8 Å². The molecule has 0 aliphatic carbocycles. The lowest BCUT2D eigenvalue weighted by Gasteiger charge is -2.42. The van der Waals surface area contributed by atoms with Gasteiger partial charge in [-0.05, 0) is 48.9 Å². The standard InChI is InChI=1S/C25H33N3OS/c1-18-8-9-24-20(15-18)16-19(21-5-2-3-7-25(21)30-24)17-23(22-6-4-12-28(22)29)27-13-10-26-11-14-27/h2-3,5,7-9,15,19,22-23,26,28H,4,6,10-14,16-17H2,1H3. The lowest BCUT2D eigenvalue weighted by molar-refractivity contribution is -0.864. The van der Waals surface area contributed by atoms with Gasteiger partial charge in [0.1, 0.15) is 6.04 Å². The zero-order chi connectivity index (χ0) is 20.5. The Balaban J connectivity index is 1.49. The van der Waals surface area contributed by atoms with Crippen LogP contribution in [0.1, 0.15) is 41.9 Å². The van der Waals surface area contributed by atoms with Crippen molar-refractivity contribution in [2.75, 3.05) is 32.7 Å². The molecular formula is C25H33N3OS. The molecule has 4 nitrogen and oxygen atoms in total. The molecule has 2 N–H and O–H groups in total. The molecule has 3 heterocycles. The Kier molecular flexibility index (Phi) is 6.17. The monoisotopic (exact) mass is 423 g/mol. The van der Waals surface area contributed by atoms with Gasteiger partial charge in [0, 0.05) is 48.8 Å². The second-order valence-corrected chi connectivity index (χ2v) is 10.3. The Morgan fingerprint density at radius 3 is 2.80 bits per heavy atom. The van der Waals surface area contributed by atoms with E-state index in [9.17, 15) is 5.21 Å². The second-order valence-electron chi connectivity index (χ2n) is 9.21. The normalized spacial score (nSPS) is 27.9. The van der Waals surface area contributed by atoms with Gasteiger partial charge in [0.25, 0.3) is 0 Å². The number of nitrogens with zero attached hydrogens (tertiary/aromatic N) is 1. The fraction of sp³-hybridized carbons (Fsp3) is 0.520. The van der Waals surface area contributed by atoms with E-state index in [1.54, 1.807) is 0 Å². The Hall–Kier alpha value is -1.37. The minimum absolute atomic E-state index is 0.225. The molecule has 3 aliphatic rings. The maximum atomic E-state index is 12.8. The smallest absolute Gasteiger partial charge is 0.103 e. The number of benzene rings is 2. The van der Waals surface area contributed by atoms with Crippen LogP contribution in [0.15, 0.2) is 52.3 Å². The lowest BCUT2D eigenvalue weighted by Crippen LogP contribution is -3.10. The van der Waals surface area contributed by atoms with Gasteiger partial charge in [-0.1, -0.05) is 47.7 Å². The van der Waals surface area contributed by atoms with Crippen LogP contribution in [-0.2, 0) is 6.42 Å². The van der Waals surface area contributed by atoms with E-state index < -0.39 is 0 Å². The first-order valence-corrected chi connectivity index (χ1v) is 12.3. The van der Waals surface area contributed by atoms with Crippen LogP contribution in [-0.4, -0.2) is 49.7 Å². The van der Waals surface area contributed by atoms with Crippen molar-refractivity contribution in [1.29, 1.82) is 0 Å². The molecular weight excluding hydrogens is 390 g/mol. The van der Waals surface area contributed by atoms with Crippen LogP contribution in [0.3, 0.4) is 0 Å². The van der Waals surface area contributed by atoms with E-state index in [1.165, 1.54) is 26.5 Å². The van der Waals surface area contributed by atoms with Crippen LogP contribution in [0.2, 0.25) is 0 Å². The molecule has 0 bridgehead atoms. The van der Waals surface area contributed by atoms with Gasteiger partial charge in [-0.3, -0.25) is 4.90 Å². The van der Waals surface area contributed by atoms with Crippen molar-refractivity contribution in [3.8, 4) is 0 Å². The largest absolute Gasteiger partial charge is 0.634 e. The molecule has 2 fully saturated rings. The minimum Gasteiger partial charge on any atom is -0.634 e. The first-order valence-electron chi connectivity index (χ1n) is 11.5. The van der Waals surface area contributed by atoms with Gasteiger partial charge in [0.15, 0.2) is 0 Å². The number of nitrogens with one attached hydrogen (secondary N) is 2. The highest BCUT2D eigenvalue weighted by molar-refractivity contribution is 7.99. The van der Waals surface area contributed by atoms with Crippen molar-refractivity contribution < 1.29 is 5.06 Å². The number of hydroxylamine groups is 2. The van der Waals surface area contributed by atoms with Gasteiger partial charge in [-0.2, -0.15) is 0 Å². The van der Waals surface area contributed by atoms with E-state index in [4.69, 9.17) is 0 Å². The molecule has 0 spiro atoms. The topological polar surface area (TPSA) is 42.8 Å². The van der Waals surface area contributed by atoms with Gasteiger partial charge in [0.05, 0.1) is 12.6 Å². The maximum absolute atomic E-state index is 12.8. The molecule has 2 aromatic rings. The predicted molar refractivity (Wildman–Crippen MR) is 123 cm³/mol. The van der Waals surface area contributed by atoms with Crippen LogP contribution in [0, 0.1) is 12.1 Å². The Bertz CT molecular complexity index is 882. The lowest BCUT2D eigenvalue weighted by atomic mass is 9.83. The van der Waals surface area contributed by atoms with Gasteiger partial charge in [0.2, 0.25) is 0 Å². The second kappa shape index (κ2) is 9.01. The van der Waals surface area contributed by atoms with E-state index in [0.29, 0.717) is 17.0 Å². The van der Waals surface area contributed by atoms with Crippen LogP contribution in [0.5, 0.6) is 0 Å². The fourth-order valence-corrected chi connectivity index (χ4v) is 6.85. The van der Waals surface area contributed by atoms with Gasteiger partial charge in [-0.15, -0.1) is 0 Å². The van der Waals surface area contributed by atoms with Crippen molar-refractivity contribution in [3.05, 3.63) is 64.4 Å². The number of hydrogen-bond acceptors (Lipinski definition) is 4. The predicted octanol–water partition coefficient (Wildman–Crippen LogP) is 2.99. The Labute approximate surface area is 184 Å². The molecule has 2 saturated heterocycles. The summed E-state index contributed by atoms with van der Waals surface area (Å²) in [5.74, 6) is 0.463. The molecule has 0 saturated carbocycles. The van der Waals surface area contributed by atoms with Crippen molar-refractivity contribution in [3.63, 3.8) is 0 Å².